The van der Waals surface area contributed by atoms with Crippen LogP contribution < -0.4 is 4.90 Å². The second-order valence-corrected chi connectivity index (χ2v) is 16.1. The maximum Gasteiger partial charge on any atom is 0.136 e. The van der Waals surface area contributed by atoms with E-state index in [1.54, 1.807) is 0 Å². The number of hydrogen-bond acceptors (Lipinski definition) is 3. The van der Waals surface area contributed by atoms with Crippen molar-refractivity contribution in [2.75, 3.05) is 4.90 Å². The van der Waals surface area contributed by atoms with Gasteiger partial charge in [0.15, 0.2) is 0 Å². The number of fused-ring (bicyclic) bond motifs is 6. The van der Waals surface area contributed by atoms with Crippen molar-refractivity contribution in [3.8, 4) is 55.6 Å². The number of hydrogen-bond donors (Lipinski definition) is 0. The van der Waals surface area contributed by atoms with Gasteiger partial charge in [-0.25, -0.2) is 0 Å². The van der Waals surface area contributed by atoms with Crippen molar-refractivity contribution >= 4 is 60.9 Å². The summed E-state index contributed by atoms with van der Waals surface area (Å²) in [5, 5.41) is 4.47. The molecule has 0 aliphatic carbocycles. The highest BCUT2D eigenvalue weighted by atomic mass is 16.3. The van der Waals surface area contributed by atoms with Crippen LogP contribution in [0, 0.1) is 0 Å². The number of para-hydroxylation sites is 2. The van der Waals surface area contributed by atoms with Crippen LogP contribution in [0.15, 0.2) is 245 Å². The van der Waals surface area contributed by atoms with Crippen LogP contribution in [0.3, 0.4) is 0 Å². The lowest BCUT2D eigenvalue weighted by Gasteiger charge is -2.27. The zero-order valence-corrected chi connectivity index (χ0v) is 34.3. The van der Waals surface area contributed by atoms with Gasteiger partial charge in [-0.3, -0.25) is 0 Å². The Balaban J connectivity index is 1.00. The molecular weight excluding hydrogens is 767 g/mol. The summed E-state index contributed by atoms with van der Waals surface area (Å²) in [5.41, 5.74) is 18.1. The number of anilines is 3. The molecule has 12 rings (SSSR count). The van der Waals surface area contributed by atoms with Gasteiger partial charge >= 0.3 is 0 Å². The largest absolute Gasteiger partial charge is 0.456 e. The lowest BCUT2D eigenvalue weighted by atomic mass is 9.90. The zero-order valence-electron chi connectivity index (χ0n) is 34.3. The van der Waals surface area contributed by atoms with Crippen molar-refractivity contribution in [3.63, 3.8) is 0 Å². The number of benzene rings is 10. The van der Waals surface area contributed by atoms with Gasteiger partial charge in [0.1, 0.15) is 22.3 Å². The molecular formula is C60H39NO2. The van der Waals surface area contributed by atoms with Gasteiger partial charge in [0, 0.05) is 38.6 Å². The first-order chi connectivity index (χ1) is 31.2. The standard InChI is InChI=1S/C60H39NO2/c1-3-12-40(13-4-1)42-22-29-48(30-23-42)61(49-31-24-43(25-32-49)41-14-5-2-6-15-41)50-17-11-16-46(36-50)51-33-26-44(45-27-34-54-52-18-7-9-20-57(52)62-59(54)38-45)37-56(51)47-28-35-55-53-19-8-10-21-58(53)63-60(55)39-47/h1-39H. The highest BCUT2D eigenvalue weighted by molar-refractivity contribution is 6.07. The summed E-state index contributed by atoms with van der Waals surface area (Å²) < 4.78 is 12.8. The van der Waals surface area contributed by atoms with Gasteiger partial charge < -0.3 is 13.7 Å². The van der Waals surface area contributed by atoms with E-state index in [1.807, 2.05) is 24.3 Å². The predicted octanol–water partition coefficient (Wildman–Crippen LogP) is 17.3. The van der Waals surface area contributed by atoms with Crippen LogP contribution in [0.1, 0.15) is 0 Å². The van der Waals surface area contributed by atoms with Gasteiger partial charge in [0.2, 0.25) is 0 Å². The van der Waals surface area contributed by atoms with Crippen LogP contribution in [0.5, 0.6) is 0 Å². The first-order valence-corrected chi connectivity index (χ1v) is 21.4. The minimum Gasteiger partial charge on any atom is -0.456 e. The minimum atomic E-state index is 0.867. The first kappa shape index (κ1) is 36.5. The summed E-state index contributed by atoms with van der Waals surface area (Å²) in [7, 11) is 0. The molecule has 3 heteroatoms. The molecule has 0 aliphatic heterocycles. The summed E-state index contributed by atoms with van der Waals surface area (Å²) in [6.07, 6.45) is 0. The average molecular weight is 806 g/mol. The maximum absolute atomic E-state index is 6.45. The van der Waals surface area contributed by atoms with Crippen molar-refractivity contribution < 1.29 is 8.83 Å². The molecule has 12 aromatic rings. The van der Waals surface area contributed by atoms with Crippen LogP contribution in [-0.4, -0.2) is 0 Å². The molecule has 296 valence electrons. The summed E-state index contributed by atoms with van der Waals surface area (Å²) in [6.45, 7) is 0. The van der Waals surface area contributed by atoms with E-state index in [2.05, 4.69) is 217 Å². The number of nitrogens with zero attached hydrogens (tertiary/aromatic N) is 1. The Morgan fingerprint density at radius 2 is 0.635 bits per heavy atom. The molecule has 3 nitrogen and oxygen atoms in total. The third kappa shape index (κ3) is 6.64. The van der Waals surface area contributed by atoms with Crippen LogP contribution in [0.4, 0.5) is 17.1 Å². The van der Waals surface area contributed by atoms with E-state index in [4.69, 9.17) is 8.83 Å². The minimum absolute atomic E-state index is 0.867. The molecule has 0 amide bonds. The normalized spacial score (nSPS) is 11.5. The highest BCUT2D eigenvalue weighted by Crippen LogP contribution is 2.43. The second kappa shape index (κ2) is 15.3. The van der Waals surface area contributed by atoms with Crippen molar-refractivity contribution in [1.29, 1.82) is 0 Å². The van der Waals surface area contributed by atoms with Gasteiger partial charge in [0.25, 0.3) is 0 Å². The van der Waals surface area contributed by atoms with Gasteiger partial charge in [-0.15, -0.1) is 0 Å². The molecule has 0 aliphatic rings. The number of furan rings is 2. The van der Waals surface area contributed by atoms with Crippen molar-refractivity contribution in [3.05, 3.63) is 237 Å². The third-order valence-corrected chi connectivity index (χ3v) is 12.3. The average Bonchev–Trinajstić information content (AvgIpc) is 3.93. The van der Waals surface area contributed by atoms with E-state index in [9.17, 15) is 0 Å². The molecule has 2 aromatic heterocycles. The lowest BCUT2D eigenvalue weighted by Crippen LogP contribution is -2.10. The molecule has 63 heavy (non-hydrogen) atoms. The van der Waals surface area contributed by atoms with Crippen molar-refractivity contribution in [2.45, 2.75) is 0 Å². The molecule has 0 spiro atoms. The monoisotopic (exact) mass is 805 g/mol. The molecule has 0 unspecified atom stereocenters. The Morgan fingerprint density at radius 3 is 1.22 bits per heavy atom. The smallest absolute Gasteiger partial charge is 0.136 e. The van der Waals surface area contributed by atoms with Gasteiger partial charge in [0.05, 0.1) is 0 Å². The fourth-order valence-corrected chi connectivity index (χ4v) is 9.14. The zero-order chi connectivity index (χ0) is 41.7. The van der Waals surface area contributed by atoms with Crippen molar-refractivity contribution in [2.24, 2.45) is 0 Å². The summed E-state index contributed by atoms with van der Waals surface area (Å²) in [5.74, 6) is 0. The first-order valence-electron chi connectivity index (χ1n) is 21.4. The summed E-state index contributed by atoms with van der Waals surface area (Å²) in [6, 6.07) is 84.3. The second-order valence-electron chi connectivity index (χ2n) is 16.1. The molecule has 0 atom stereocenters. The van der Waals surface area contributed by atoms with Gasteiger partial charge in [-0.2, -0.15) is 0 Å². The Labute approximate surface area is 365 Å². The van der Waals surface area contributed by atoms with E-state index in [1.165, 1.54) is 22.3 Å². The van der Waals surface area contributed by atoms with E-state index < -0.39 is 0 Å². The van der Waals surface area contributed by atoms with Crippen LogP contribution in [-0.2, 0) is 0 Å². The highest BCUT2D eigenvalue weighted by Gasteiger charge is 2.18. The molecule has 0 radical (unpaired) electrons. The Kier molecular flexibility index (Phi) is 8.83. The van der Waals surface area contributed by atoms with E-state index in [0.717, 1.165) is 94.3 Å². The summed E-state index contributed by atoms with van der Waals surface area (Å²) in [4.78, 5) is 2.35. The molecule has 0 saturated carbocycles. The fourth-order valence-electron chi connectivity index (χ4n) is 9.14. The lowest BCUT2D eigenvalue weighted by molar-refractivity contribution is 0.668. The fraction of sp³-hybridized carbons (Fsp3) is 0. The molecule has 0 N–H and O–H groups in total. The SMILES string of the molecule is c1ccc(-c2ccc(N(c3ccc(-c4ccccc4)cc3)c3cccc(-c4ccc(-c5ccc6c(c5)oc5ccccc56)cc4-c4ccc5c(c4)oc4ccccc45)c3)cc2)cc1. The summed E-state index contributed by atoms with van der Waals surface area (Å²) >= 11 is 0. The topological polar surface area (TPSA) is 29.5 Å². The third-order valence-electron chi connectivity index (χ3n) is 12.3. The molecule has 0 bridgehead atoms. The van der Waals surface area contributed by atoms with Gasteiger partial charge in [-0.05, 0) is 134 Å². The van der Waals surface area contributed by atoms with E-state index in [-0.39, 0.29) is 0 Å². The van der Waals surface area contributed by atoms with Crippen LogP contribution >= 0.6 is 0 Å². The molecule has 2 heterocycles. The number of rotatable bonds is 8. The Bertz CT molecular complexity index is 3520. The quantitative estimate of drug-likeness (QED) is 0.153. The van der Waals surface area contributed by atoms with Crippen molar-refractivity contribution in [1.82, 2.24) is 0 Å². The van der Waals surface area contributed by atoms with Gasteiger partial charge in [-0.1, -0.05) is 158 Å². The van der Waals surface area contributed by atoms with E-state index in [0.29, 0.717) is 0 Å². The predicted molar refractivity (Wildman–Crippen MR) is 263 cm³/mol. The molecule has 0 saturated heterocycles. The van der Waals surface area contributed by atoms with E-state index >= 15 is 0 Å². The van der Waals surface area contributed by atoms with Crippen LogP contribution in [0.25, 0.3) is 99.5 Å². The van der Waals surface area contributed by atoms with Crippen LogP contribution in [0.2, 0.25) is 0 Å². The Hall–Kier alpha value is -8.40. The molecule has 10 aromatic carbocycles. The Morgan fingerprint density at radius 1 is 0.222 bits per heavy atom. The molecule has 0 fully saturated rings. The maximum atomic E-state index is 6.45.